The Morgan fingerprint density at radius 3 is 2.00 bits per heavy atom. The van der Waals surface area contributed by atoms with Gasteiger partial charge < -0.3 is 15.5 Å². The molecule has 0 unspecified atom stereocenters. The fraction of sp³-hybridized carbons (Fsp3) is 0.533. The molecular weight excluding hydrogens is 238 g/mol. The van der Waals surface area contributed by atoms with Crippen LogP contribution >= 0.6 is 0 Å². The molecule has 0 aliphatic heterocycles. The predicted molar refractivity (Wildman–Crippen MR) is 78.6 cm³/mol. The van der Waals surface area contributed by atoms with Gasteiger partial charge in [0.1, 0.15) is 0 Å². The third kappa shape index (κ3) is 5.01. The highest BCUT2D eigenvalue weighted by Gasteiger charge is 2.15. The van der Waals surface area contributed by atoms with Crippen LogP contribution in [-0.4, -0.2) is 42.4 Å². The number of nitrogens with two attached hydrogens (primary N) is 1. The normalized spacial score (nSPS) is 12.5. The molecule has 1 rings (SSSR count). The Balaban J connectivity index is 2.68. The number of amides is 1. The molecule has 106 valence electrons. The Morgan fingerprint density at radius 1 is 1.16 bits per heavy atom. The molecule has 19 heavy (non-hydrogen) atoms. The summed E-state index contributed by atoms with van der Waals surface area (Å²) in [5.41, 5.74) is 8.06. The van der Waals surface area contributed by atoms with Gasteiger partial charge in [-0.2, -0.15) is 0 Å². The third-order valence-electron chi connectivity index (χ3n) is 2.98. The van der Waals surface area contributed by atoms with Crippen LogP contribution in [0.25, 0.3) is 0 Å². The van der Waals surface area contributed by atoms with Crippen molar-refractivity contribution in [2.75, 3.05) is 20.6 Å². The minimum absolute atomic E-state index is 0.000122. The van der Waals surface area contributed by atoms with Crippen molar-refractivity contribution in [1.29, 1.82) is 0 Å². The van der Waals surface area contributed by atoms with E-state index in [2.05, 4.69) is 29.2 Å². The molecule has 1 aromatic rings. The van der Waals surface area contributed by atoms with Gasteiger partial charge in [0.25, 0.3) is 0 Å². The van der Waals surface area contributed by atoms with Gasteiger partial charge in [-0.05, 0) is 39.1 Å². The van der Waals surface area contributed by atoms with E-state index in [1.54, 1.807) is 11.8 Å². The van der Waals surface area contributed by atoms with E-state index in [9.17, 15) is 4.79 Å². The number of hydrogen-bond donors (Lipinski definition) is 1. The minimum Gasteiger partial charge on any atom is -0.337 e. The standard InChI is InChI=1S/C15H25N3O/c1-5-18(15(19)12(2)16)11-14-8-6-13(7-9-14)10-17(3)4/h6-9,12H,5,10-11,16H2,1-4H3/t12-/m0/s1. The first kappa shape index (κ1) is 15.7. The highest BCUT2D eigenvalue weighted by molar-refractivity contribution is 5.81. The molecule has 0 saturated heterocycles. The Hall–Kier alpha value is -1.39. The van der Waals surface area contributed by atoms with Gasteiger partial charge in [-0.1, -0.05) is 24.3 Å². The first-order valence-corrected chi connectivity index (χ1v) is 6.71. The quantitative estimate of drug-likeness (QED) is 0.845. The van der Waals surface area contributed by atoms with Gasteiger partial charge >= 0.3 is 0 Å². The zero-order valence-corrected chi connectivity index (χ0v) is 12.4. The van der Waals surface area contributed by atoms with Crippen LogP contribution in [0, 0.1) is 0 Å². The second kappa shape index (κ2) is 7.26. The molecule has 0 aliphatic carbocycles. The maximum absolute atomic E-state index is 11.9. The van der Waals surface area contributed by atoms with E-state index in [-0.39, 0.29) is 5.91 Å². The molecule has 1 aromatic carbocycles. The summed E-state index contributed by atoms with van der Waals surface area (Å²) in [6, 6.07) is 7.94. The number of benzene rings is 1. The van der Waals surface area contributed by atoms with E-state index in [1.165, 1.54) is 5.56 Å². The van der Waals surface area contributed by atoms with Crippen molar-refractivity contribution < 1.29 is 4.79 Å². The van der Waals surface area contributed by atoms with Crippen molar-refractivity contribution in [3.05, 3.63) is 35.4 Å². The SMILES string of the molecule is CCN(Cc1ccc(CN(C)C)cc1)C(=O)[C@H](C)N. The van der Waals surface area contributed by atoms with Crippen LogP contribution in [0.5, 0.6) is 0 Å². The number of hydrogen-bond acceptors (Lipinski definition) is 3. The smallest absolute Gasteiger partial charge is 0.239 e. The molecule has 0 fully saturated rings. The molecule has 0 aromatic heterocycles. The summed E-state index contributed by atoms with van der Waals surface area (Å²) in [7, 11) is 4.10. The van der Waals surface area contributed by atoms with E-state index in [0.717, 1.165) is 12.1 Å². The molecule has 0 heterocycles. The number of carbonyl (C=O) groups is 1. The van der Waals surface area contributed by atoms with Gasteiger partial charge in [-0.25, -0.2) is 0 Å². The lowest BCUT2D eigenvalue weighted by atomic mass is 10.1. The highest BCUT2D eigenvalue weighted by atomic mass is 16.2. The molecule has 0 bridgehead atoms. The van der Waals surface area contributed by atoms with Gasteiger partial charge in [0.05, 0.1) is 6.04 Å². The van der Waals surface area contributed by atoms with Crippen LogP contribution in [0.15, 0.2) is 24.3 Å². The lowest BCUT2D eigenvalue weighted by molar-refractivity contribution is -0.132. The lowest BCUT2D eigenvalue weighted by Crippen LogP contribution is -2.41. The summed E-state index contributed by atoms with van der Waals surface area (Å²) in [5, 5.41) is 0. The zero-order valence-electron chi connectivity index (χ0n) is 12.4. The van der Waals surface area contributed by atoms with E-state index in [0.29, 0.717) is 13.1 Å². The van der Waals surface area contributed by atoms with Gasteiger partial charge in [-0.15, -0.1) is 0 Å². The van der Waals surface area contributed by atoms with E-state index < -0.39 is 6.04 Å². The fourth-order valence-electron chi connectivity index (χ4n) is 1.97. The molecule has 1 amide bonds. The molecule has 4 heteroatoms. The number of carbonyl (C=O) groups excluding carboxylic acids is 1. The Kier molecular flexibility index (Phi) is 5.99. The maximum Gasteiger partial charge on any atom is 0.239 e. The molecule has 1 atom stereocenters. The minimum atomic E-state index is -0.437. The summed E-state index contributed by atoms with van der Waals surface area (Å²) in [5.74, 6) is -0.000122. The summed E-state index contributed by atoms with van der Waals surface area (Å²) in [6.45, 7) is 5.93. The van der Waals surface area contributed by atoms with E-state index in [1.807, 2.05) is 21.0 Å². The first-order valence-electron chi connectivity index (χ1n) is 6.71. The Morgan fingerprint density at radius 2 is 1.63 bits per heavy atom. The average Bonchev–Trinajstić information content (AvgIpc) is 2.36. The number of likely N-dealkylation sites (N-methyl/N-ethyl adjacent to an activating group) is 1. The molecule has 0 saturated carbocycles. The van der Waals surface area contributed by atoms with Crippen LogP contribution < -0.4 is 5.73 Å². The Bertz CT molecular complexity index is 398. The second-order valence-electron chi connectivity index (χ2n) is 5.20. The van der Waals surface area contributed by atoms with E-state index >= 15 is 0 Å². The second-order valence-corrected chi connectivity index (χ2v) is 5.20. The summed E-state index contributed by atoms with van der Waals surface area (Å²) >= 11 is 0. The predicted octanol–water partition coefficient (Wildman–Crippen LogP) is 1.44. The molecule has 0 aliphatic rings. The van der Waals surface area contributed by atoms with Crippen molar-refractivity contribution in [1.82, 2.24) is 9.80 Å². The van der Waals surface area contributed by atoms with E-state index in [4.69, 9.17) is 5.73 Å². The zero-order chi connectivity index (χ0) is 14.4. The van der Waals surface area contributed by atoms with Crippen molar-refractivity contribution in [2.24, 2.45) is 5.73 Å². The lowest BCUT2D eigenvalue weighted by Gasteiger charge is -2.23. The van der Waals surface area contributed by atoms with Crippen LogP contribution in [0.1, 0.15) is 25.0 Å². The third-order valence-corrected chi connectivity index (χ3v) is 2.98. The van der Waals surface area contributed by atoms with Gasteiger partial charge in [-0.3, -0.25) is 4.79 Å². The van der Waals surface area contributed by atoms with Crippen molar-refractivity contribution in [2.45, 2.75) is 33.0 Å². The summed E-state index contributed by atoms with van der Waals surface area (Å²) in [6.07, 6.45) is 0. The molecular formula is C15H25N3O. The monoisotopic (exact) mass is 263 g/mol. The Labute approximate surface area is 116 Å². The molecule has 2 N–H and O–H groups in total. The molecule has 0 spiro atoms. The van der Waals surface area contributed by atoms with Crippen molar-refractivity contribution in [3.8, 4) is 0 Å². The topological polar surface area (TPSA) is 49.6 Å². The maximum atomic E-state index is 11.9. The van der Waals surface area contributed by atoms with Crippen LogP contribution in [-0.2, 0) is 17.9 Å². The fourth-order valence-corrected chi connectivity index (χ4v) is 1.97. The first-order chi connectivity index (χ1) is 8.93. The molecule has 0 radical (unpaired) electrons. The number of rotatable bonds is 6. The van der Waals surface area contributed by atoms with Crippen molar-refractivity contribution >= 4 is 5.91 Å². The summed E-state index contributed by atoms with van der Waals surface area (Å²) < 4.78 is 0. The van der Waals surface area contributed by atoms with Crippen LogP contribution in [0.3, 0.4) is 0 Å². The van der Waals surface area contributed by atoms with Gasteiger partial charge in [0.15, 0.2) is 0 Å². The highest BCUT2D eigenvalue weighted by Crippen LogP contribution is 2.09. The van der Waals surface area contributed by atoms with Crippen molar-refractivity contribution in [3.63, 3.8) is 0 Å². The van der Waals surface area contributed by atoms with Gasteiger partial charge in [0.2, 0.25) is 5.91 Å². The summed E-state index contributed by atoms with van der Waals surface area (Å²) in [4.78, 5) is 15.8. The van der Waals surface area contributed by atoms with Gasteiger partial charge in [0, 0.05) is 19.6 Å². The van der Waals surface area contributed by atoms with Crippen LogP contribution in [0.4, 0.5) is 0 Å². The number of nitrogens with zero attached hydrogens (tertiary/aromatic N) is 2. The van der Waals surface area contributed by atoms with Crippen LogP contribution in [0.2, 0.25) is 0 Å². The average molecular weight is 263 g/mol. The largest absolute Gasteiger partial charge is 0.337 e. The molecule has 4 nitrogen and oxygen atoms in total.